The second-order valence-corrected chi connectivity index (χ2v) is 2.93. The van der Waals surface area contributed by atoms with Crippen LogP contribution in [0.4, 0.5) is 0 Å². The van der Waals surface area contributed by atoms with Crippen LogP contribution < -0.4 is 0 Å². The third kappa shape index (κ3) is 0.821. The van der Waals surface area contributed by atoms with Crippen molar-refractivity contribution < 1.29 is 4.79 Å². The fraction of sp³-hybridized carbons (Fsp3) is 0.444. The summed E-state index contributed by atoms with van der Waals surface area (Å²) >= 11 is 0. The number of ketones is 1. The number of allylic oxidation sites excluding steroid dienone is 3. The maximum Gasteiger partial charge on any atom is 0.203 e. The molecular weight excluding hydrogens is 138 g/mol. The Hall–Kier alpha value is -1.05. The first-order valence-corrected chi connectivity index (χ1v) is 4.01. The smallest absolute Gasteiger partial charge is 0.203 e. The molecule has 2 heterocycles. The van der Waals surface area contributed by atoms with Crippen LogP contribution in [0.3, 0.4) is 0 Å². The first-order valence-electron chi connectivity index (χ1n) is 4.01. The van der Waals surface area contributed by atoms with Crippen molar-refractivity contribution in [1.29, 1.82) is 0 Å². The Morgan fingerprint density at radius 1 is 1.64 bits per heavy atom. The number of nitrogens with zero attached hydrogens (tertiary/aromatic N) is 1. The molecule has 0 bridgehead atoms. The predicted octanol–water partition coefficient (Wildman–Crippen LogP) is 1.45. The molecule has 0 aromatic heterocycles. The molecule has 0 aliphatic carbocycles. The Morgan fingerprint density at radius 2 is 2.45 bits per heavy atom. The summed E-state index contributed by atoms with van der Waals surface area (Å²) in [5.74, 6) is 0.183. The Bertz CT molecular complexity index is 263. The third-order valence-electron chi connectivity index (χ3n) is 2.28. The highest BCUT2D eigenvalue weighted by Crippen LogP contribution is 2.31. The number of carbonyl (C=O) groups is 1. The molecule has 2 aliphatic heterocycles. The molecule has 0 amide bonds. The number of fused-ring (bicyclic) bond motifs is 1. The van der Waals surface area contributed by atoms with E-state index >= 15 is 0 Å². The quantitative estimate of drug-likeness (QED) is 0.486. The minimum atomic E-state index is 0.183. The lowest BCUT2D eigenvalue weighted by atomic mass is 10.2. The van der Waals surface area contributed by atoms with Crippen LogP contribution in [0.2, 0.25) is 0 Å². The largest absolute Gasteiger partial charge is 0.342 e. The lowest BCUT2D eigenvalue weighted by Crippen LogP contribution is -2.15. The SMILES string of the molecule is C/C=C1\C(=O)C=C2CCCN21. The van der Waals surface area contributed by atoms with E-state index in [0.717, 1.165) is 18.7 Å². The van der Waals surface area contributed by atoms with Crippen molar-refractivity contribution in [2.75, 3.05) is 6.54 Å². The van der Waals surface area contributed by atoms with Gasteiger partial charge in [-0.25, -0.2) is 0 Å². The van der Waals surface area contributed by atoms with Crippen LogP contribution >= 0.6 is 0 Å². The molecule has 2 heteroatoms. The molecule has 0 spiro atoms. The summed E-state index contributed by atoms with van der Waals surface area (Å²) in [6, 6.07) is 0. The number of rotatable bonds is 0. The molecule has 1 fully saturated rings. The molecule has 0 aromatic rings. The monoisotopic (exact) mass is 149 g/mol. The summed E-state index contributed by atoms with van der Waals surface area (Å²) in [5, 5.41) is 0. The molecule has 0 saturated carbocycles. The maximum atomic E-state index is 11.2. The van der Waals surface area contributed by atoms with Crippen molar-refractivity contribution in [3.05, 3.63) is 23.5 Å². The maximum absolute atomic E-state index is 11.2. The van der Waals surface area contributed by atoms with Crippen molar-refractivity contribution in [3.63, 3.8) is 0 Å². The fourth-order valence-electron chi connectivity index (χ4n) is 1.78. The van der Waals surface area contributed by atoms with Gasteiger partial charge in [-0.05, 0) is 19.8 Å². The second-order valence-electron chi connectivity index (χ2n) is 2.93. The molecular formula is C9H11NO. The van der Waals surface area contributed by atoms with E-state index in [-0.39, 0.29) is 5.78 Å². The molecule has 0 N–H and O–H groups in total. The van der Waals surface area contributed by atoms with Gasteiger partial charge in [-0.2, -0.15) is 0 Å². The summed E-state index contributed by atoms with van der Waals surface area (Å²) in [4.78, 5) is 13.4. The average molecular weight is 149 g/mol. The summed E-state index contributed by atoms with van der Waals surface area (Å²) in [7, 11) is 0. The number of hydrogen-bond donors (Lipinski definition) is 0. The van der Waals surface area contributed by atoms with Crippen LogP contribution in [0.1, 0.15) is 19.8 Å². The van der Waals surface area contributed by atoms with Crippen molar-refractivity contribution in [2.24, 2.45) is 0 Å². The van der Waals surface area contributed by atoms with E-state index in [1.165, 1.54) is 12.1 Å². The normalized spacial score (nSPS) is 26.3. The zero-order valence-electron chi connectivity index (χ0n) is 6.63. The van der Waals surface area contributed by atoms with Crippen LogP contribution in [0, 0.1) is 0 Å². The molecule has 2 aliphatic rings. The van der Waals surface area contributed by atoms with Crippen LogP contribution in [-0.4, -0.2) is 17.2 Å². The van der Waals surface area contributed by atoms with Gasteiger partial charge in [0, 0.05) is 18.3 Å². The van der Waals surface area contributed by atoms with Gasteiger partial charge in [0.1, 0.15) is 0 Å². The summed E-state index contributed by atoms with van der Waals surface area (Å²) < 4.78 is 0. The van der Waals surface area contributed by atoms with E-state index in [1.807, 2.05) is 13.0 Å². The predicted molar refractivity (Wildman–Crippen MR) is 42.8 cm³/mol. The van der Waals surface area contributed by atoms with Crippen LogP contribution in [-0.2, 0) is 4.79 Å². The van der Waals surface area contributed by atoms with E-state index < -0.39 is 0 Å². The van der Waals surface area contributed by atoms with Crippen molar-refractivity contribution in [1.82, 2.24) is 4.90 Å². The second kappa shape index (κ2) is 2.22. The number of carbonyl (C=O) groups excluding carboxylic acids is 1. The minimum absolute atomic E-state index is 0.183. The van der Waals surface area contributed by atoms with E-state index in [1.54, 1.807) is 6.08 Å². The molecule has 0 aromatic carbocycles. The van der Waals surface area contributed by atoms with Gasteiger partial charge in [-0.3, -0.25) is 4.79 Å². The lowest BCUT2D eigenvalue weighted by molar-refractivity contribution is -0.111. The zero-order chi connectivity index (χ0) is 7.84. The zero-order valence-corrected chi connectivity index (χ0v) is 6.63. The summed E-state index contributed by atoms with van der Waals surface area (Å²) in [6.45, 7) is 2.94. The molecule has 0 radical (unpaired) electrons. The Balaban J connectivity index is 2.38. The van der Waals surface area contributed by atoms with Crippen LogP contribution in [0.15, 0.2) is 23.5 Å². The Kier molecular flexibility index (Phi) is 1.34. The third-order valence-corrected chi connectivity index (χ3v) is 2.28. The van der Waals surface area contributed by atoms with Gasteiger partial charge >= 0.3 is 0 Å². The van der Waals surface area contributed by atoms with Gasteiger partial charge in [0.25, 0.3) is 0 Å². The lowest BCUT2D eigenvalue weighted by Gasteiger charge is -2.13. The average Bonchev–Trinajstić information content (AvgIpc) is 2.46. The van der Waals surface area contributed by atoms with Crippen molar-refractivity contribution >= 4 is 5.78 Å². The van der Waals surface area contributed by atoms with Crippen molar-refractivity contribution in [2.45, 2.75) is 19.8 Å². The topological polar surface area (TPSA) is 20.3 Å². The van der Waals surface area contributed by atoms with E-state index in [4.69, 9.17) is 0 Å². The highest BCUT2D eigenvalue weighted by atomic mass is 16.1. The summed E-state index contributed by atoms with van der Waals surface area (Å²) in [5.41, 5.74) is 2.08. The molecule has 0 atom stereocenters. The molecule has 1 saturated heterocycles. The van der Waals surface area contributed by atoms with Gasteiger partial charge < -0.3 is 4.90 Å². The number of hydrogen-bond acceptors (Lipinski definition) is 2. The molecule has 2 rings (SSSR count). The highest BCUT2D eigenvalue weighted by molar-refractivity contribution is 6.06. The Morgan fingerprint density at radius 3 is 3.18 bits per heavy atom. The molecule has 0 unspecified atom stereocenters. The molecule has 11 heavy (non-hydrogen) atoms. The van der Waals surface area contributed by atoms with Gasteiger partial charge in [-0.15, -0.1) is 0 Å². The minimum Gasteiger partial charge on any atom is -0.342 e. The van der Waals surface area contributed by atoms with Gasteiger partial charge in [0.15, 0.2) is 0 Å². The van der Waals surface area contributed by atoms with E-state index in [2.05, 4.69) is 4.90 Å². The van der Waals surface area contributed by atoms with Gasteiger partial charge in [-0.1, -0.05) is 6.08 Å². The summed E-state index contributed by atoms with van der Waals surface area (Å²) in [6.07, 6.45) is 5.93. The highest BCUT2D eigenvalue weighted by Gasteiger charge is 2.29. The molecule has 2 nitrogen and oxygen atoms in total. The van der Waals surface area contributed by atoms with E-state index in [0.29, 0.717) is 0 Å². The standard InChI is InChI=1S/C9H11NO/c1-2-8-9(11)6-7-4-3-5-10(7)8/h2,6H,3-5H2,1H3/b8-2+. The van der Waals surface area contributed by atoms with Crippen molar-refractivity contribution in [3.8, 4) is 0 Å². The van der Waals surface area contributed by atoms with Gasteiger partial charge in [0.05, 0.1) is 5.70 Å². The van der Waals surface area contributed by atoms with Crippen LogP contribution in [0.25, 0.3) is 0 Å². The van der Waals surface area contributed by atoms with Crippen LogP contribution in [0.5, 0.6) is 0 Å². The molecule has 58 valence electrons. The van der Waals surface area contributed by atoms with E-state index in [9.17, 15) is 4.79 Å². The first kappa shape index (κ1) is 6.65. The fourth-order valence-corrected chi connectivity index (χ4v) is 1.78. The van der Waals surface area contributed by atoms with Gasteiger partial charge in [0.2, 0.25) is 5.78 Å². The Labute approximate surface area is 66.2 Å². The first-order chi connectivity index (χ1) is 5.33.